The summed E-state index contributed by atoms with van der Waals surface area (Å²) in [5.74, 6) is 2.34. The first-order valence-corrected chi connectivity index (χ1v) is 7.44. The molecule has 0 radical (unpaired) electrons. The Morgan fingerprint density at radius 3 is 3.00 bits per heavy atom. The van der Waals surface area contributed by atoms with Gasteiger partial charge >= 0.3 is 0 Å². The van der Waals surface area contributed by atoms with Crippen molar-refractivity contribution in [3.63, 3.8) is 0 Å². The summed E-state index contributed by atoms with van der Waals surface area (Å²) in [5, 5.41) is 3.33. The Balaban J connectivity index is 2.43. The summed E-state index contributed by atoms with van der Waals surface area (Å²) >= 11 is 1.95. The van der Waals surface area contributed by atoms with Gasteiger partial charge in [-0.05, 0) is 24.0 Å². The van der Waals surface area contributed by atoms with Gasteiger partial charge in [-0.15, -0.1) is 0 Å². The summed E-state index contributed by atoms with van der Waals surface area (Å²) in [4.78, 5) is 11.6. The molecule has 1 rings (SSSR count). The summed E-state index contributed by atoms with van der Waals surface area (Å²) in [6, 6.07) is 3.43. The lowest BCUT2D eigenvalue weighted by Gasteiger charge is -2.09. The van der Waals surface area contributed by atoms with Crippen molar-refractivity contribution < 1.29 is 4.74 Å². The minimum Gasteiger partial charge on any atom is -0.384 e. The average Bonchev–Trinajstić information content (AvgIpc) is 2.39. The first-order chi connectivity index (χ1) is 8.77. The fourth-order valence-electron chi connectivity index (χ4n) is 1.55. The van der Waals surface area contributed by atoms with Gasteiger partial charge in [0.15, 0.2) is 0 Å². The molecule has 0 spiro atoms. The zero-order chi connectivity index (χ0) is 13.2. The second-order valence-corrected chi connectivity index (χ2v) is 5.31. The molecule has 0 amide bonds. The number of nitrogens with zero attached hydrogens (tertiary/aromatic N) is 1. The molecular weight excluding hydrogens is 248 g/mol. The molecule has 0 bridgehead atoms. The summed E-state index contributed by atoms with van der Waals surface area (Å²) in [5.41, 5.74) is 1.01. The first-order valence-electron chi connectivity index (χ1n) is 6.29. The van der Waals surface area contributed by atoms with Gasteiger partial charge in [-0.3, -0.25) is 4.79 Å². The molecule has 0 saturated heterocycles. The molecule has 0 saturated carbocycles. The highest BCUT2D eigenvalue weighted by Crippen LogP contribution is 2.05. The van der Waals surface area contributed by atoms with Crippen LogP contribution in [0, 0.1) is 0 Å². The summed E-state index contributed by atoms with van der Waals surface area (Å²) in [7, 11) is 1.64. The zero-order valence-electron chi connectivity index (χ0n) is 11.1. The number of hydrogen-bond acceptors (Lipinski definition) is 4. The van der Waals surface area contributed by atoms with E-state index in [-0.39, 0.29) is 5.56 Å². The van der Waals surface area contributed by atoms with Gasteiger partial charge in [0.05, 0.1) is 12.3 Å². The standard InChI is InChI=1S/C13H22N2O2S/c1-3-18-10-4-7-14-12-5-6-13(16)15(11-12)8-9-17-2/h5-6,11,14H,3-4,7-10H2,1-2H3. The summed E-state index contributed by atoms with van der Waals surface area (Å²) in [6.07, 6.45) is 2.99. The van der Waals surface area contributed by atoms with E-state index in [1.165, 1.54) is 11.5 Å². The Bertz CT molecular complexity index is 393. The minimum atomic E-state index is 0.0131. The van der Waals surface area contributed by atoms with Crippen molar-refractivity contribution in [3.8, 4) is 0 Å². The molecule has 1 N–H and O–H groups in total. The smallest absolute Gasteiger partial charge is 0.250 e. The van der Waals surface area contributed by atoms with Gasteiger partial charge in [-0.2, -0.15) is 11.8 Å². The van der Waals surface area contributed by atoms with E-state index in [0.717, 1.165) is 18.7 Å². The molecule has 0 aliphatic heterocycles. The minimum absolute atomic E-state index is 0.0131. The van der Waals surface area contributed by atoms with Crippen LogP contribution in [0.15, 0.2) is 23.1 Å². The Morgan fingerprint density at radius 1 is 1.44 bits per heavy atom. The van der Waals surface area contributed by atoms with Crippen molar-refractivity contribution in [1.82, 2.24) is 4.57 Å². The third-order valence-corrected chi connectivity index (χ3v) is 3.50. The van der Waals surface area contributed by atoms with Crippen molar-refractivity contribution in [2.75, 3.05) is 37.1 Å². The number of ether oxygens (including phenoxy) is 1. The SMILES string of the molecule is CCSCCCNc1ccc(=O)n(CCOC)c1. The summed E-state index contributed by atoms with van der Waals surface area (Å²) in [6.45, 7) is 4.26. The molecule has 1 heterocycles. The lowest BCUT2D eigenvalue weighted by molar-refractivity contribution is 0.186. The molecule has 102 valence electrons. The van der Waals surface area contributed by atoms with Crippen LogP contribution >= 0.6 is 11.8 Å². The number of methoxy groups -OCH3 is 1. The van der Waals surface area contributed by atoms with E-state index in [4.69, 9.17) is 4.74 Å². The van der Waals surface area contributed by atoms with Crippen LogP contribution in [0.2, 0.25) is 0 Å². The Hall–Kier alpha value is -0.940. The fraction of sp³-hybridized carbons (Fsp3) is 0.615. The molecule has 1 aromatic rings. The number of rotatable bonds is 9. The first kappa shape index (κ1) is 15.1. The lowest BCUT2D eigenvalue weighted by atomic mass is 10.3. The van der Waals surface area contributed by atoms with Crippen LogP contribution in [0.25, 0.3) is 0 Å². The van der Waals surface area contributed by atoms with Gasteiger partial charge in [0.1, 0.15) is 0 Å². The predicted octanol–water partition coefficient (Wildman–Crippen LogP) is 2.05. The molecule has 0 unspecified atom stereocenters. The van der Waals surface area contributed by atoms with Gasteiger partial charge in [0.25, 0.3) is 5.56 Å². The highest BCUT2D eigenvalue weighted by atomic mass is 32.2. The van der Waals surface area contributed by atoms with Crippen LogP contribution in [0.4, 0.5) is 5.69 Å². The third-order valence-electron chi connectivity index (χ3n) is 2.52. The van der Waals surface area contributed by atoms with Crippen molar-refractivity contribution in [2.45, 2.75) is 19.9 Å². The molecule has 1 aromatic heterocycles. The van der Waals surface area contributed by atoms with Gasteiger partial charge in [-0.1, -0.05) is 6.92 Å². The number of anilines is 1. The summed E-state index contributed by atoms with van der Waals surface area (Å²) < 4.78 is 6.66. The Morgan fingerprint density at radius 2 is 2.28 bits per heavy atom. The number of thioether (sulfide) groups is 1. The number of aromatic nitrogens is 1. The molecule has 0 fully saturated rings. The monoisotopic (exact) mass is 270 g/mol. The van der Waals surface area contributed by atoms with Crippen LogP contribution < -0.4 is 10.9 Å². The maximum absolute atomic E-state index is 11.6. The topological polar surface area (TPSA) is 43.3 Å². The van der Waals surface area contributed by atoms with E-state index in [9.17, 15) is 4.79 Å². The van der Waals surface area contributed by atoms with E-state index >= 15 is 0 Å². The van der Waals surface area contributed by atoms with Crippen molar-refractivity contribution in [1.29, 1.82) is 0 Å². The normalized spacial score (nSPS) is 10.6. The third kappa shape index (κ3) is 5.60. The molecule has 0 aliphatic carbocycles. The molecular formula is C13H22N2O2S. The van der Waals surface area contributed by atoms with E-state index in [1.54, 1.807) is 17.7 Å². The Kier molecular flexibility index (Phi) is 7.60. The van der Waals surface area contributed by atoms with Crippen molar-refractivity contribution in [2.24, 2.45) is 0 Å². The number of nitrogens with one attached hydrogen (secondary N) is 1. The van der Waals surface area contributed by atoms with Gasteiger partial charge in [0.2, 0.25) is 0 Å². The zero-order valence-corrected chi connectivity index (χ0v) is 12.0. The maximum Gasteiger partial charge on any atom is 0.250 e. The molecule has 0 aliphatic rings. The van der Waals surface area contributed by atoms with Crippen LogP contribution in [0.1, 0.15) is 13.3 Å². The van der Waals surface area contributed by atoms with Crippen LogP contribution in [0.3, 0.4) is 0 Å². The van der Waals surface area contributed by atoms with Crippen LogP contribution in [-0.4, -0.2) is 36.3 Å². The largest absolute Gasteiger partial charge is 0.384 e. The quantitative estimate of drug-likeness (QED) is 0.698. The van der Waals surface area contributed by atoms with Crippen LogP contribution in [0.5, 0.6) is 0 Å². The van der Waals surface area contributed by atoms with Gasteiger partial charge in [-0.25, -0.2) is 0 Å². The molecule has 4 nitrogen and oxygen atoms in total. The van der Waals surface area contributed by atoms with E-state index in [1.807, 2.05) is 24.0 Å². The highest BCUT2D eigenvalue weighted by Gasteiger charge is 1.98. The second-order valence-electron chi connectivity index (χ2n) is 3.92. The van der Waals surface area contributed by atoms with Crippen molar-refractivity contribution in [3.05, 3.63) is 28.7 Å². The van der Waals surface area contributed by atoms with Gasteiger partial charge in [0, 0.05) is 32.5 Å². The molecule has 0 aromatic carbocycles. The lowest BCUT2D eigenvalue weighted by Crippen LogP contribution is -2.21. The van der Waals surface area contributed by atoms with Crippen LogP contribution in [-0.2, 0) is 11.3 Å². The number of hydrogen-bond donors (Lipinski definition) is 1. The fourth-order valence-corrected chi connectivity index (χ4v) is 2.19. The molecule has 0 atom stereocenters. The van der Waals surface area contributed by atoms with E-state index < -0.39 is 0 Å². The molecule has 18 heavy (non-hydrogen) atoms. The molecule has 5 heteroatoms. The Labute approximate surface area is 113 Å². The van der Waals surface area contributed by atoms with Crippen molar-refractivity contribution >= 4 is 17.4 Å². The average molecular weight is 270 g/mol. The number of pyridine rings is 1. The maximum atomic E-state index is 11.6. The van der Waals surface area contributed by atoms with Gasteiger partial charge < -0.3 is 14.6 Å². The predicted molar refractivity (Wildman–Crippen MR) is 78.7 cm³/mol. The van der Waals surface area contributed by atoms with E-state index in [2.05, 4.69) is 12.2 Å². The highest BCUT2D eigenvalue weighted by molar-refractivity contribution is 7.99. The second kappa shape index (κ2) is 9.05. The van der Waals surface area contributed by atoms with E-state index in [0.29, 0.717) is 13.2 Å².